The van der Waals surface area contributed by atoms with Gasteiger partial charge in [-0.2, -0.15) is 0 Å². The summed E-state index contributed by atoms with van der Waals surface area (Å²) in [5, 5.41) is 15.5. The van der Waals surface area contributed by atoms with Crippen molar-refractivity contribution in [2.45, 2.75) is 38.1 Å². The highest BCUT2D eigenvalue weighted by Gasteiger charge is 2.31. The van der Waals surface area contributed by atoms with E-state index < -0.39 is 0 Å². The number of aliphatic hydroxyl groups excluding tert-OH is 1. The third kappa shape index (κ3) is 4.30. The molecule has 1 heterocycles. The fraction of sp³-hybridized carbons (Fsp3) is 0.588. The number of carbonyl (C=O) groups is 1. The third-order valence-electron chi connectivity index (χ3n) is 4.60. The number of nitrogens with one attached hydrogen (secondary N) is 2. The average molecular weight is 338 g/mol. The number of hydrogen-bond donors (Lipinski definition) is 3. The van der Waals surface area contributed by atoms with Gasteiger partial charge >= 0.3 is 6.03 Å². The number of urea groups is 1. The highest BCUT2D eigenvalue weighted by molar-refractivity contribution is 6.33. The molecule has 1 aromatic carbocycles. The molecule has 0 unspecified atom stereocenters. The zero-order chi connectivity index (χ0) is 16.2. The summed E-state index contributed by atoms with van der Waals surface area (Å²) in [4.78, 5) is 14.4. The van der Waals surface area contributed by atoms with Gasteiger partial charge < -0.3 is 20.6 Å². The van der Waals surface area contributed by atoms with Crippen molar-refractivity contribution in [1.82, 2.24) is 5.32 Å². The van der Waals surface area contributed by atoms with E-state index in [0.717, 1.165) is 31.6 Å². The first-order chi connectivity index (χ1) is 11.2. The fourth-order valence-corrected chi connectivity index (χ4v) is 3.50. The van der Waals surface area contributed by atoms with E-state index in [4.69, 9.17) is 16.7 Å². The molecule has 1 saturated carbocycles. The monoisotopic (exact) mass is 337 g/mol. The molecule has 3 rings (SSSR count). The summed E-state index contributed by atoms with van der Waals surface area (Å²) in [6.07, 6.45) is 5.26. The topological polar surface area (TPSA) is 64.6 Å². The Morgan fingerprint density at radius 1 is 1.35 bits per heavy atom. The van der Waals surface area contributed by atoms with E-state index in [1.165, 1.54) is 12.8 Å². The van der Waals surface area contributed by atoms with Gasteiger partial charge in [-0.15, -0.1) is 0 Å². The second kappa shape index (κ2) is 7.41. The maximum atomic E-state index is 12.1. The molecular formula is C17H24ClN3O2. The van der Waals surface area contributed by atoms with Gasteiger partial charge in [0.15, 0.2) is 0 Å². The van der Waals surface area contributed by atoms with Crippen LogP contribution >= 0.6 is 11.6 Å². The van der Waals surface area contributed by atoms with Crippen molar-refractivity contribution >= 4 is 29.0 Å². The highest BCUT2D eigenvalue weighted by atomic mass is 35.5. The maximum Gasteiger partial charge on any atom is 0.319 e. The van der Waals surface area contributed by atoms with Crippen LogP contribution in [-0.4, -0.2) is 36.9 Å². The number of anilines is 2. The third-order valence-corrected chi connectivity index (χ3v) is 4.90. The van der Waals surface area contributed by atoms with Gasteiger partial charge in [0.25, 0.3) is 0 Å². The summed E-state index contributed by atoms with van der Waals surface area (Å²) >= 11 is 6.36. The van der Waals surface area contributed by atoms with Crippen LogP contribution in [0.15, 0.2) is 18.2 Å². The van der Waals surface area contributed by atoms with E-state index >= 15 is 0 Å². The van der Waals surface area contributed by atoms with E-state index in [2.05, 4.69) is 15.5 Å². The first kappa shape index (κ1) is 16.4. The Kier molecular flexibility index (Phi) is 5.28. The van der Waals surface area contributed by atoms with Crippen LogP contribution in [0, 0.1) is 5.92 Å². The quantitative estimate of drug-likeness (QED) is 0.746. The van der Waals surface area contributed by atoms with Crippen LogP contribution in [0.5, 0.6) is 0 Å². The van der Waals surface area contributed by atoms with Crippen LogP contribution in [0.1, 0.15) is 32.1 Å². The summed E-state index contributed by atoms with van der Waals surface area (Å²) in [5.74, 6) is 0.508. The Balaban J connectivity index is 1.58. The minimum atomic E-state index is -0.236. The highest BCUT2D eigenvalue weighted by Crippen LogP contribution is 2.34. The lowest BCUT2D eigenvalue weighted by atomic mass is 10.1. The molecule has 0 aromatic heterocycles. The molecule has 2 amide bonds. The molecule has 5 nitrogen and oxygen atoms in total. The molecular weight excluding hydrogens is 314 g/mol. The van der Waals surface area contributed by atoms with Gasteiger partial charge in [0.1, 0.15) is 0 Å². The van der Waals surface area contributed by atoms with E-state index in [1.54, 1.807) is 6.07 Å². The van der Waals surface area contributed by atoms with Gasteiger partial charge in [-0.05, 0) is 56.2 Å². The van der Waals surface area contributed by atoms with Crippen molar-refractivity contribution in [3.05, 3.63) is 23.2 Å². The van der Waals surface area contributed by atoms with E-state index in [0.29, 0.717) is 23.0 Å². The molecule has 2 fully saturated rings. The van der Waals surface area contributed by atoms with Crippen molar-refractivity contribution in [2.24, 2.45) is 5.92 Å². The van der Waals surface area contributed by atoms with Crippen LogP contribution in [0.2, 0.25) is 5.02 Å². The van der Waals surface area contributed by atoms with Crippen molar-refractivity contribution in [2.75, 3.05) is 29.9 Å². The standard InChI is InChI=1S/C17H24ClN3O2/c18-14-11-13(5-6-16(14)21-8-1-2-9-21)19-17(23)20-15(7-10-22)12-3-4-12/h5-6,11-12,15,22H,1-4,7-10H2,(H2,19,20,23)/t15-/m0/s1. The molecule has 2 aliphatic rings. The fourth-order valence-electron chi connectivity index (χ4n) is 3.20. The van der Waals surface area contributed by atoms with E-state index in [9.17, 15) is 4.79 Å². The zero-order valence-electron chi connectivity index (χ0n) is 13.2. The number of aliphatic hydroxyl groups is 1. The summed E-state index contributed by atoms with van der Waals surface area (Å²) in [6, 6.07) is 5.47. The first-order valence-corrected chi connectivity index (χ1v) is 8.78. The Bertz CT molecular complexity index is 557. The van der Waals surface area contributed by atoms with E-state index in [1.807, 2.05) is 12.1 Å². The Morgan fingerprint density at radius 2 is 2.09 bits per heavy atom. The van der Waals surface area contributed by atoms with Gasteiger partial charge in [-0.25, -0.2) is 4.79 Å². The number of halogens is 1. The second-order valence-corrected chi connectivity index (χ2v) is 6.82. The number of amides is 2. The normalized spacial score (nSPS) is 18.8. The Labute approximate surface area is 142 Å². The van der Waals surface area contributed by atoms with Gasteiger partial charge in [-0.1, -0.05) is 11.6 Å². The molecule has 1 aromatic rings. The predicted octanol–water partition coefficient (Wildman–Crippen LogP) is 3.22. The Hall–Kier alpha value is -1.46. The first-order valence-electron chi connectivity index (χ1n) is 8.40. The second-order valence-electron chi connectivity index (χ2n) is 6.42. The summed E-state index contributed by atoms with van der Waals surface area (Å²) in [7, 11) is 0. The molecule has 1 aliphatic heterocycles. The molecule has 0 bridgehead atoms. The number of nitrogens with zero attached hydrogens (tertiary/aromatic N) is 1. The van der Waals surface area contributed by atoms with Crippen LogP contribution in [-0.2, 0) is 0 Å². The molecule has 1 saturated heterocycles. The lowest BCUT2D eigenvalue weighted by Crippen LogP contribution is -2.39. The van der Waals surface area contributed by atoms with Crippen molar-refractivity contribution < 1.29 is 9.90 Å². The minimum absolute atomic E-state index is 0.0549. The number of hydrogen-bond acceptors (Lipinski definition) is 3. The summed E-state index contributed by atoms with van der Waals surface area (Å²) < 4.78 is 0. The zero-order valence-corrected chi connectivity index (χ0v) is 14.0. The van der Waals surface area contributed by atoms with Crippen LogP contribution in [0.25, 0.3) is 0 Å². The SMILES string of the molecule is O=C(Nc1ccc(N2CCCC2)c(Cl)c1)N[C@@H](CCO)C1CC1. The molecule has 6 heteroatoms. The maximum absolute atomic E-state index is 12.1. The molecule has 126 valence electrons. The number of benzene rings is 1. The number of carbonyl (C=O) groups excluding carboxylic acids is 1. The molecule has 3 N–H and O–H groups in total. The molecule has 0 spiro atoms. The van der Waals surface area contributed by atoms with Crippen molar-refractivity contribution in [3.63, 3.8) is 0 Å². The van der Waals surface area contributed by atoms with E-state index in [-0.39, 0.29) is 18.7 Å². The van der Waals surface area contributed by atoms with Crippen molar-refractivity contribution in [1.29, 1.82) is 0 Å². The summed E-state index contributed by atoms with van der Waals surface area (Å²) in [6.45, 7) is 2.17. The largest absolute Gasteiger partial charge is 0.396 e. The summed E-state index contributed by atoms with van der Waals surface area (Å²) in [5.41, 5.74) is 1.72. The van der Waals surface area contributed by atoms with Crippen LogP contribution in [0.3, 0.4) is 0 Å². The lowest BCUT2D eigenvalue weighted by Gasteiger charge is -2.20. The van der Waals surface area contributed by atoms with Gasteiger partial charge in [-0.3, -0.25) is 0 Å². The molecule has 1 atom stereocenters. The van der Waals surface area contributed by atoms with Gasteiger partial charge in [0.2, 0.25) is 0 Å². The minimum Gasteiger partial charge on any atom is -0.396 e. The van der Waals surface area contributed by atoms with Gasteiger partial charge in [0.05, 0.1) is 10.7 Å². The van der Waals surface area contributed by atoms with Crippen LogP contribution in [0.4, 0.5) is 16.2 Å². The molecule has 0 radical (unpaired) electrons. The lowest BCUT2D eigenvalue weighted by molar-refractivity contribution is 0.234. The number of rotatable bonds is 6. The van der Waals surface area contributed by atoms with Gasteiger partial charge in [0, 0.05) is 31.4 Å². The Morgan fingerprint density at radius 3 is 2.70 bits per heavy atom. The molecule has 23 heavy (non-hydrogen) atoms. The average Bonchev–Trinajstić information content (AvgIpc) is 3.23. The molecule has 1 aliphatic carbocycles. The van der Waals surface area contributed by atoms with Crippen molar-refractivity contribution in [3.8, 4) is 0 Å². The smallest absolute Gasteiger partial charge is 0.319 e. The predicted molar refractivity (Wildman–Crippen MR) is 93.3 cm³/mol. The van der Waals surface area contributed by atoms with Crippen LogP contribution < -0.4 is 15.5 Å².